The molecule has 0 bridgehead atoms. The number of carbonyl (C=O) groups excluding carboxylic acids is 2. The largest absolute Gasteiger partial charge is 0.493 e. The summed E-state index contributed by atoms with van der Waals surface area (Å²) in [4.78, 5) is 29.6. The Labute approximate surface area is 193 Å². The summed E-state index contributed by atoms with van der Waals surface area (Å²) in [5.41, 5.74) is 0.625. The van der Waals surface area contributed by atoms with Gasteiger partial charge in [0.15, 0.2) is 11.5 Å². The first-order chi connectivity index (χ1) is 15.9. The van der Waals surface area contributed by atoms with Crippen molar-refractivity contribution in [3.63, 3.8) is 0 Å². The van der Waals surface area contributed by atoms with E-state index >= 15 is 0 Å². The zero-order chi connectivity index (χ0) is 23.6. The third-order valence-corrected chi connectivity index (χ3v) is 6.86. The van der Waals surface area contributed by atoms with Gasteiger partial charge in [0.1, 0.15) is 5.82 Å². The van der Waals surface area contributed by atoms with E-state index in [4.69, 9.17) is 14.2 Å². The molecule has 0 atom stereocenters. The van der Waals surface area contributed by atoms with Crippen LogP contribution in [0, 0.1) is 5.82 Å². The van der Waals surface area contributed by atoms with E-state index in [-0.39, 0.29) is 29.7 Å². The molecule has 2 aromatic rings. The summed E-state index contributed by atoms with van der Waals surface area (Å²) in [6, 6.07) is 9.87. The normalized spacial score (nSPS) is 17.4. The number of benzene rings is 2. The summed E-state index contributed by atoms with van der Waals surface area (Å²) < 4.78 is 30.3. The molecule has 2 aliphatic heterocycles. The molecule has 0 radical (unpaired) electrons. The second kappa shape index (κ2) is 9.29. The lowest BCUT2D eigenvalue weighted by molar-refractivity contribution is -0.133. The van der Waals surface area contributed by atoms with Crippen LogP contribution < -0.4 is 14.2 Å². The topological polar surface area (TPSA) is 68.3 Å². The van der Waals surface area contributed by atoms with Gasteiger partial charge >= 0.3 is 0 Å². The number of hydrogen-bond donors (Lipinski definition) is 0. The maximum absolute atomic E-state index is 14.2. The maximum atomic E-state index is 14.2. The number of amides is 2. The second-order valence-corrected chi connectivity index (χ2v) is 8.50. The zero-order valence-corrected chi connectivity index (χ0v) is 19.2. The summed E-state index contributed by atoms with van der Waals surface area (Å²) in [7, 11) is 4.54. The summed E-state index contributed by atoms with van der Waals surface area (Å²) in [6.07, 6.45) is 2.49. The van der Waals surface area contributed by atoms with Gasteiger partial charge in [-0.05, 0) is 37.5 Å². The lowest BCUT2D eigenvalue weighted by Gasteiger charge is -2.45. The Morgan fingerprint density at radius 2 is 1.64 bits per heavy atom. The van der Waals surface area contributed by atoms with Gasteiger partial charge in [0, 0.05) is 42.7 Å². The van der Waals surface area contributed by atoms with Gasteiger partial charge < -0.3 is 24.0 Å². The van der Waals surface area contributed by atoms with Crippen molar-refractivity contribution in [2.45, 2.75) is 37.8 Å². The van der Waals surface area contributed by atoms with Crippen LogP contribution in [0.1, 0.15) is 41.6 Å². The minimum absolute atomic E-state index is 0.0441. The lowest BCUT2D eigenvalue weighted by Crippen LogP contribution is -2.53. The molecule has 8 heteroatoms. The smallest absolute Gasteiger partial charge is 0.254 e. The van der Waals surface area contributed by atoms with Crippen LogP contribution in [-0.4, -0.2) is 61.6 Å². The van der Waals surface area contributed by atoms with Gasteiger partial charge in [0.05, 0.1) is 21.3 Å². The van der Waals surface area contributed by atoms with Crippen LogP contribution in [-0.2, 0) is 11.3 Å². The summed E-state index contributed by atoms with van der Waals surface area (Å²) in [5, 5.41) is 0. The van der Waals surface area contributed by atoms with Crippen molar-refractivity contribution in [2.75, 3.05) is 34.4 Å². The fourth-order valence-corrected chi connectivity index (χ4v) is 4.96. The molecular weight excluding hydrogens is 427 g/mol. The summed E-state index contributed by atoms with van der Waals surface area (Å²) in [5.74, 6) is 0.888. The van der Waals surface area contributed by atoms with Gasteiger partial charge in [0.2, 0.25) is 11.7 Å². The van der Waals surface area contributed by atoms with E-state index < -0.39 is 0 Å². The molecule has 33 heavy (non-hydrogen) atoms. The monoisotopic (exact) mass is 456 g/mol. The molecule has 0 aliphatic carbocycles. The number of ether oxygens (including phenoxy) is 3. The fourth-order valence-electron chi connectivity index (χ4n) is 4.96. The Morgan fingerprint density at radius 3 is 2.21 bits per heavy atom. The molecule has 176 valence electrons. The predicted octanol–water partition coefficient (Wildman–Crippen LogP) is 3.65. The van der Waals surface area contributed by atoms with Gasteiger partial charge in [-0.15, -0.1) is 0 Å². The molecule has 2 saturated heterocycles. The highest BCUT2D eigenvalue weighted by Gasteiger charge is 2.47. The van der Waals surface area contributed by atoms with E-state index in [0.29, 0.717) is 60.7 Å². The highest BCUT2D eigenvalue weighted by Crippen LogP contribution is 2.42. The van der Waals surface area contributed by atoms with Gasteiger partial charge in [0.25, 0.3) is 5.91 Å². The second-order valence-electron chi connectivity index (χ2n) is 8.50. The van der Waals surface area contributed by atoms with Crippen LogP contribution in [0.25, 0.3) is 0 Å². The molecule has 2 fully saturated rings. The van der Waals surface area contributed by atoms with Crippen LogP contribution >= 0.6 is 0 Å². The number of likely N-dealkylation sites (tertiary alicyclic amines) is 2. The first kappa shape index (κ1) is 22.9. The molecular formula is C25H29FN2O5. The highest BCUT2D eigenvalue weighted by molar-refractivity contribution is 5.95. The number of hydrogen-bond acceptors (Lipinski definition) is 5. The van der Waals surface area contributed by atoms with E-state index in [0.717, 1.165) is 6.42 Å². The quantitative estimate of drug-likeness (QED) is 0.664. The Bertz CT molecular complexity index is 1020. The average molecular weight is 457 g/mol. The van der Waals surface area contributed by atoms with E-state index in [1.165, 1.54) is 27.4 Å². The fraction of sp³-hybridized carbons (Fsp3) is 0.440. The van der Waals surface area contributed by atoms with Crippen molar-refractivity contribution in [1.29, 1.82) is 0 Å². The van der Waals surface area contributed by atoms with Gasteiger partial charge in [-0.25, -0.2) is 4.39 Å². The van der Waals surface area contributed by atoms with Crippen LogP contribution in [0.15, 0.2) is 36.4 Å². The highest BCUT2D eigenvalue weighted by atomic mass is 19.1. The molecule has 1 spiro atoms. The molecule has 2 aromatic carbocycles. The van der Waals surface area contributed by atoms with Gasteiger partial charge in [-0.1, -0.05) is 18.2 Å². The Morgan fingerprint density at radius 1 is 1.00 bits per heavy atom. The molecule has 7 nitrogen and oxygen atoms in total. The molecule has 0 aromatic heterocycles. The molecule has 2 aliphatic rings. The summed E-state index contributed by atoms with van der Waals surface area (Å²) in [6.45, 7) is 1.28. The van der Waals surface area contributed by atoms with Crippen LogP contribution in [0.3, 0.4) is 0 Å². The van der Waals surface area contributed by atoms with Crippen LogP contribution in [0.4, 0.5) is 4.39 Å². The Kier molecular flexibility index (Phi) is 6.44. The van der Waals surface area contributed by atoms with Gasteiger partial charge in [-0.2, -0.15) is 0 Å². The molecule has 0 unspecified atom stereocenters. The van der Waals surface area contributed by atoms with Crippen molar-refractivity contribution in [2.24, 2.45) is 0 Å². The van der Waals surface area contributed by atoms with Crippen molar-refractivity contribution >= 4 is 11.8 Å². The van der Waals surface area contributed by atoms with Crippen molar-refractivity contribution in [1.82, 2.24) is 9.80 Å². The minimum atomic E-state index is -0.342. The lowest BCUT2D eigenvalue weighted by atomic mass is 9.84. The van der Waals surface area contributed by atoms with Crippen molar-refractivity contribution in [3.05, 3.63) is 53.3 Å². The van der Waals surface area contributed by atoms with Crippen LogP contribution in [0.5, 0.6) is 17.2 Å². The molecule has 0 saturated carbocycles. The number of piperidine rings is 1. The third-order valence-electron chi connectivity index (χ3n) is 6.86. The van der Waals surface area contributed by atoms with E-state index in [1.54, 1.807) is 35.2 Å². The SMILES string of the molecule is COc1cc(C(=O)N2CCC3(CCC(=O)N3Cc3ccccc3F)CC2)cc(OC)c1OC. The van der Waals surface area contributed by atoms with E-state index in [1.807, 2.05) is 4.90 Å². The van der Waals surface area contributed by atoms with Gasteiger partial charge in [-0.3, -0.25) is 9.59 Å². The standard InChI is InChI=1S/C25H29FN2O5/c1-31-20-14-18(15-21(32-2)23(20)33-3)24(30)27-12-10-25(11-13-27)9-8-22(29)28(25)16-17-6-4-5-7-19(17)26/h4-7,14-15H,8-13,16H2,1-3H3. The molecule has 2 heterocycles. The number of nitrogens with zero attached hydrogens (tertiary/aromatic N) is 2. The Hall–Kier alpha value is -3.29. The number of methoxy groups -OCH3 is 3. The number of rotatable bonds is 6. The van der Waals surface area contributed by atoms with E-state index in [2.05, 4.69) is 0 Å². The molecule has 4 rings (SSSR count). The zero-order valence-electron chi connectivity index (χ0n) is 19.2. The molecule has 0 N–H and O–H groups in total. The van der Waals surface area contributed by atoms with Crippen molar-refractivity contribution < 1.29 is 28.2 Å². The van der Waals surface area contributed by atoms with Crippen molar-refractivity contribution in [3.8, 4) is 17.2 Å². The minimum Gasteiger partial charge on any atom is -0.493 e. The number of carbonyl (C=O) groups is 2. The first-order valence-corrected chi connectivity index (χ1v) is 11.1. The number of halogens is 1. The first-order valence-electron chi connectivity index (χ1n) is 11.1. The third kappa shape index (κ3) is 4.21. The van der Waals surface area contributed by atoms with Crippen LogP contribution in [0.2, 0.25) is 0 Å². The predicted molar refractivity (Wildman–Crippen MR) is 120 cm³/mol. The molecule has 2 amide bonds. The summed E-state index contributed by atoms with van der Waals surface area (Å²) >= 11 is 0. The van der Waals surface area contributed by atoms with E-state index in [9.17, 15) is 14.0 Å². The average Bonchev–Trinajstić information content (AvgIpc) is 3.14. The maximum Gasteiger partial charge on any atom is 0.254 e. The Balaban J connectivity index is 1.50.